The number of hydrogen-bond acceptors (Lipinski definition) is 5. The zero-order valence-electron chi connectivity index (χ0n) is 12.6. The van der Waals surface area contributed by atoms with Gasteiger partial charge < -0.3 is 0 Å². The molecule has 4 aromatic rings. The number of rotatable bonds is 4. The summed E-state index contributed by atoms with van der Waals surface area (Å²) in [7, 11) is 0. The fourth-order valence-corrected chi connectivity index (χ4v) is 2.49. The molecule has 2 heterocycles. The van der Waals surface area contributed by atoms with E-state index < -0.39 is 0 Å². The Bertz CT molecular complexity index is 1000. The Labute approximate surface area is 136 Å². The summed E-state index contributed by atoms with van der Waals surface area (Å²) in [6.07, 6.45) is 0. The van der Waals surface area contributed by atoms with E-state index in [4.69, 9.17) is 0 Å². The molecule has 8 nitrogen and oxygen atoms in total. The van der Waals surface area contributed by atoms with Gasteiger partial charge >= 0.3 is 5.69 Å². The Hall–Kier alpha value is -3.55. The van der Waals surface area contributed by atoms with E-state index >= 15 is 0 Å². The van der Waals surface area contributed by atoms with Crippen molar-refractivity contribution in [3.63, 3.8) is 0 Å². The minimum Gasteiger partial charge on any atom is -0.267 e. The van der Waals surface area contributed by atoms with Gasteiger partial charge in [-0.1, -0.05) is 48.5 Å². The third kappa shape index (κ3) is 2.50. The molecule has 0 atom stereocenters. The molecule has 0 spiro atoms. The van der Waals surface area contributed by atoms with Gasteiger partial charge in [0.1, 0.15) is 0 Å². The van der Waals surface area contributed by atoms with Crippen molar-refractivity contribution in [1.29, 1.82) is 0 Å². The molecule has 8 heteroatoms. The van der Waals surface area contributed by atoms with E-state index in [1.807, 2.05) is 60.7 Å². The molecule has 24 heavy (non-hydrogen) atoms. The monoisotopic (exact) mass is 319 g/mol. The van der Waals surface area contributed by atoms with Crippen LogP contribution in [0.5, 0.6) is 0 Å². The minimum atomic E-state index is -0.309. The summed E-state index contributed by atoms with van der Waals surface area (Å²) in [6, 6.07) is 19.0. The van der Waals surface area contributed by atoms with Crippen molar-refractivity contribution in [3.8, 4) is 17.1 Å². The predicted molar refractivity (Wildman–Crippen MR) is 86.5 cm³/mol. The first-order valence-electron chi connectivity index (χ1n) is 7.36. The number of aromatic nitrogens is 7. The lowest BCUT2D eigenvalue weighted by Crippen LogP contribution is -2.20. The summed E-state index contributed by atoms with van der Waals surface area (Å²) in [6.45, 7) is 0.210. The predicted octanol–water partition coefficient (Wildman–Crippen LogP) is 1.26. The van der Waals surface area contributed by atoms with Crippen LogP contribution < -0.4 is 5.69 Å². The fraction of sp³-hybridized carbons (Fsp3) is 0.0625. The number of hydrogen-bond donors (Lipinski definition) is 1. The van der Waals surface area contributed by atoms with Crippen molar-refractivity contribution in [3.05, 3.63) is 77.0 Å². The van der Waals surface area contributed by atoms with Crippen LogP contribution in [0, 0.1) is 0 Å². The molecule has 118 valence electrons. The Kier molecular flexibility index (Phi) is 3.47. The smallest absolute Gasteiger partial charge is 0.267 e. The van der Waals surface area contributed by atoms with Gasteiger partial charge in [-0.15, -0.1) is 5.10 Å². The molecule has 0 aliphatic carbocycles. The Morgan fingerprint density at radius 2 is 1.67 bits per heavy atom. The maximum Gasteiger partial charge on any atom is 0.344 e. The van der Waals surface area contributed by atoms with E-state index in [0.29, 0.717) is 11.6 Å². The van der Waals surface area contributed by atoms with E-state index in [1.54, 1.807) is 4.68 Å². The zero-order chi connectivity index (χ0) is 16.4. The average Bonchev–Trinajstić information content (AvgIpc) is 3.24. The van der Waals surface area contributed by atoms with Crippen LogP contribution in [0.15, 0.2) is 65.5 Å². The Balaban J connectivity index is 1.75. The number of nitrogens with one attached hydrogen (secondary N) is 1. The van der Waals surface area contributed by atoms with Gasteiger partial charge in [0.2, 0.25) is 0 Å². The number of para-hydroxylation sites is 1. The number of tetrazole rings is 1. The third-order valence-corrected chi connectivity index (χ3v) is 3.62. The molecular weight excluding hydrogens is 306 g/mol. The first-order chi connectivity index (χ1) is 11.8. The van der Waals surface area contributed by atoms with Crippen molar-refractivity contribution >= 4 is 0 Å². The molecule has 0 saturated carbocycles. The highest BCUT2D eigenvalue weighted by molar-refractivity contribution is 5.54. The van der Waals surface area contributed by atoms with Crippen LogP contribution in [-0.2, 0) is 6.54 Å². The molecule has 1 N–H and O–H groups in total. The summed E-state index contributed by atoms with van der Waals surface area (Å²) in [5, 5.41) is 18.4. The van der Waals surface area contributed by atoms with Gasteiger partial charge in [0.25, 0.3) is 0 Å². The second-order valence-corrected chi connectivity index (χ2v) is 5.15. The van der Waals surface area contributed by atoms with Crippen molar-refractivity contribution in [2.45, 2.75) is 6.54 Å². The molecule has 0 unspecified atom stereocenters. The lowest BCUT2D eigenvalue weighted by molar-refractivity contribution is 0.686. The largest absolute Gasteiger partial charge is 0.344 e. The highest BCUT2D eigenvalue weighted by Gasteiger charge is 2.15. The van der Waals surface area contributed by atoms with Crippen LogP contribution in [0.25, 0.3) is 17.1 Å². The van der Waals surface area contributed by atoms with Crippen molar-refractivity contribution in [2.75, 3.05) is 0 Å². The van der Waals surface area contributed by atoms with Crippen LogP contribution in [0.3, 0.4) is 0 Å². The molecule has 2 aromatic heterocycles. The molecule has 0 saturated heterocycles. The summed E-state index contributed by atoms with van der Waals surface area (Å²) < 4.78 is 3.12. The zero-order valence-corrected chi connectivity index (χ0v) is 12.6. The first-order valence-corrected chi connectivity index (χ1v) is 7.36. The quantitative estimate of drug-likeness (QED) is 0.611. The SMILES string of the molecule is O=c1[nH]nc(-c2ccccc2)n1Cc1nnnn1-c1ccccc1. The highest BCUT2D eigenvalue weighted by atomic mass is 16.1. The molecule has 0 fully saturated rings. The summed E-state index contributed by atoms with van der Waals surface area (Å²) in [4.78, 5) is 12.2. The average molecular weight is 319 g/mol. The van der Waals surface area contributed by atoms with Crippen molar-refractivity contribution in [2.24, 2.45) is 0 Å². The van der Waals surface area contributed by atoms with E-state index in [0.717, 1.165) is 11.3 Å². The summed E-state index contributed by atoms with van der Waals surface area (Å²) >= 11 is 0. The van der Waals surface area contributed by atoms with Crippen LogP contribution in [0.2, 0.25) is 0 Å². The maximum absolute atomic E-state index is 12.2. The third-order valence-electron chi connectivity index (χ3n) is 3.62. The lowest BCUT2D eigenvalue weighted by atomic mass is 10.2. The molecule has 0 aliphatic rings. The first kappa shape index (κ1) is 14.1. The molecule has 0 aliphatic heterocycles. The normalized spacial score (nSPS) is 10.8. The van der Waals surface area contributed by atoms with Gasteiger partial charge in [-0.25, -0.2) is 9.89 Å². The topological polar surface area (TPSA) is 94.3 Å². The van der Waals surface area contributed by atoms with E-state index in [-0.39, 0.29) is 12.2 Å². The Morgan fingerprint density at radius 1 is 0.958 bits per heavy atom. The molecule has 4 rings (SSSR count). The van der Waals surface area contributed by atoms with E-state index in [9.17, 15) is 4.79 Å². The number of benzene rings is 2. The van der Waals surface area contributed by atoms with Crippen LogP contribution in [0.4, 0.5) is 0 Å². The molecule has 0 radical (unpaired) electrons. The van der Waals surface area contributed by atoms with Crippen molar-refractivity contribution < 1.29 is 0 Å². The van der Waals surface area contributed by atoms with Gasteiger partial charge in [0.05, 0.1) is 12.2 Å². The van der Waals surface area contributed by atoms with Gasteiger partial charge in [-0.2, -0.15) is 9.78 Å². The molecular formula is C16H13N7O. The van der Waals surface area contributed by atoms with Gasteiger partial charge in [0, 0.05) is 5.56 Å². The number of nitrogens with zero attached hydrogens (tertiary/aromatic N) is 6. The Morgan fingerprint density at radius 3 is 2.42 bits per heavy atom. The highest BCUT2D eigenvalue weighted by Crippen LogP contribution is 2.15. The van der Waals surface area contributed by atoms with Gasteiger partial charge in [-0.3, -0.25) is 4.57 Å². The second kappa shape index (κ2) is 5.92. The maximum atomic E-state index is 12.2. The molecule has 0 bridgehead atoms. The van der Waals surface area contributed by atoms with Crippen molar-refractivity contribution in [1.82, 2.24) is 35.0 Å². The summed E-state index contributed by atoms with van der Waals surface area (Å²) in [5.41, 5.74) is 1.36. The summed E-state index contributed by atoms with van der Waals surface area (Å²) in [5.74, 6) is 1.09. The van der Waals surface area contributed by atoms with Crippen LogP contribution in [0.1, 0.15) is 5.82 Å². The minimum absolute atomic E-state index is 0.210. The number of aromatic amines is 1. The second-order valence-electron chi connectivity index (χ2n) is 5.15. The number of H-pyrrole nitrogens is 1. The van der Waals surface area contributed by atoms with Crippen LogP contribution in [-0.4, -0.2) is 35.0 Å². The van der Waals surface area contributed by atoms with E-state index in [2.05, 4.69) is 25.7 Å². The van der Waals surface area contributed by atoms with Crippen LogP contribution >= 0.6 is 0 Å². The molecule has 0 amide bonds. The van der Waals surface area contributed by atoms with Gasteiger partial charge in [0.15, 0.2) is 11.6 Å². The van der Waals surface area contributed by atoms with Gasteiger partial charge in [-0.05, 0) is 22.6 Å². The lowest BCUT2D eigenvalue weighted by Gasteiger charge is -2.07. The fourth-order valence-electron chi connectivity index (χ4n) is 2.49. The molecule has 2 aromatic carbocycles. The standard InChI is InChI=1S/C16H13N7O/c24-16-19-18-15(12-7-3-1-4-8-12)22(16)11-14-17-20-21-23(14)13-9-5-2-6-10-13/h1-10H,11H2,(H,19,24). The van der Waals surface area contributed by atoms with E-state index in [1.165, 1.54) is 4.57 Å².